The van der Waals surface area contributed by atoms with Gasteiger partial charge in [0, 0.05) is 18.2 Å². The van der Waals surface area contributed by atoms with Crippen LogP contribution in [0.4, 0.5) is 0 Å². The Balaban J connectivity index is 1.91. The number of hydrogen-bond donors (Lipinski definition) is 1. The number of para-hydroxylation sites is 1. The first-order valence-corrected chi connectivity index (χ1v) is 7.33. The average molecular weight is 286 g/mol. The first-order valence-electron chi connectivity index (χ1n) is 7.33. The number of nitrogens with one attached hydrogen (secondary N) is 1. The van der Waals surface area contributed by atoms with Gasteiger partial charge in [-0.25, -0.2) is 0 Å². The summed E-state index contributed by atoms with van der Waals surface area (Å²) in [4.78, 5) is 0. The maximum Gasteiger partial charge on any atom is 0.174 e. The van der Waals surface area contributed by atoms with Gasteiger partial charge in [-0.1, -0.05) is 42.4 Å². The van der Waals surface area contributed by atoms with Crippen molar-refractivity contribution in [3.8, 4) is 5.75 Å². The third-order valence-electron chi connectivity index (χ3n) is 2.98. The predicted molar refractivity (Wildman–Crippen MR) is 84.0 cm³/mol. The van der Waals surface area contributed by atoms with Crippen molar-refractivity contribution in [1.82, 2.24) is 10.5 Å². The molecule has 0 aliphatic heterocycles. The molecule has 0 saturated carbocycles. The van der Waals surface area contributed by atoms with Gasteiger partial charge in [0.25, 0.3) is 0 Å². The van der Waals surface area contributed by atoms with E-state index in [1.54, 1.807) is 0 Å². The summed E-state index contributed by atoms with van der Waals surface area (Å²) in [6.07, 6.45) is 5.12. The third kappa shape index (κ3) is 4.76. The number of hydrogen-bond acceptors (Lipinski definition) is 4. The van der Waals surface area contributed by atoms with E-state index < -0.39 is 0 Å². The van der Waals surface area contributed by atoms with Gasteiger partial charge in [0.2, 0.25) is 0 Å². The number of allylic oxidation sites excluding steroid dienone is 1. The second kappa shape index (κ2) is 8.27. The largest absolute Gasteiger partial charge is 0.485 e. The Morgan fingerprint density at radius 1 is 1.33 bits per heavy atom. The van der Waals surface area contributed by atoms with Crippen molar-refractivity contribution >= 4 is 6.08 Å². The second-order valence-corrected chi connectivity index (χ2v) is 4.79. The van der Waals surface area contributed by atoms with Crippen LogP contribution in [-0.2, 0) is 13.2 Å². The Bertz CT molecular complexity index is 576. The van der Waals surface area contributed by atoms with Gasteiger partial charge in [-0.2, -0.15) is 0 Å². The Morgan fingerprint density at radius 3 is 3.00 bits per heavy atom. The third-order valence-corrected chi connectivity index (χ3v) is 2.98. The van der Waals surface area contributed by atoms with Gasteiger partial charge >= 0.3 is 0 Å². The molecule has 1 heterocycles. The lowest BCUT2D eigenvalue weighted by molar-refractivity contribution is 0.248. The molecule has 1 aromatic heterocycles. The van der Waals surface area contributed by atoms with Crippen LogP contribution >= 0.6 is 0 Å². The van der Waals surface area contributed by atoms with E-state index in [1.807, 2.05) is 49.4 Å². The molecule has 4 nitrogen and oxygen atoms in total. The molecule has 0 amide bonds. The van der Waals surface area contributed by atoms with Gasteiger partial charge in [0.1, 0.15) is 12.4 Å². The van der Waals surface area contributed by atoms with Crippen LogP contribution < -0.4 is 10.1 Å². The van der Waals surface area contributed by atoms with Gasteiger partial charge in [-0.15, -0.1) is 0 Å². The molecule has 1 N–H and O–H groups in total. The molecule has 4 heteroatoms. The van der Waals surface area contributed by atoms with E-state index >= 15 is 0 Å². The smallest absolute Gasteiger partial charge is 0.174 e. The van der Waals surface area contributed by atoms with E-state index in [0.717, 1.165) is 42.3 Å². The van der Waals surface area contributed by atoms with E-state index in [0.29, 0.717) is 6.61 Å². The van der Waals surface area contributed by atoms with Crippen molar-refractivity contribution in [2.24, 2.45) is 0 Å². The van der Waals surface area contributed by atoms with Gasteiger partial charge < -0.3 is 14.6 Å². The predicted octanol–water partition coefficient (Wildman–Crippen LogP) is 3.79. The Kier molecular flexibility index (Phi) is 6.03. The Morgan fingerprint density at radius 2 is 2.19 bits per heavy atom. The highest BCUT2D eigenvalue weighted by molar-refractivity contribution is 5.56. The highest BCUT2D eigenvalue weighted by Gasteiger charge is 2.06. The minimum Gasteiger partial charge on any atom is -0.485 e. The van der Waals surface area contributed by atoms with E-state index in [2.05, 4.69) is 17.4 Å². The number of nitrogens with zero attached hydrogens (tertiary/aromatic N) is 1. The van der Waals surface area contributed by atoms with Crippen LogP contribution in [0.2, 0.25) is 0 Å². The van der Waals surface area contributed by atoms with E-state index in [-0.39, 0.29) is 0 Å². The minimum absolute atomic E-state index is 0.384. The van der Waals surface area contributed by atoms with Gasteiger partial charge in [0.15, 0.2) is 5.76 Å². The molecule has 0 bridgehead atoms. The van der Waals surface area contributed by atoms with Crippen molar-refractivity contribution in [3.05, 3.63) is 53.4 Å². The van der Waals surface area contributed by atoms with E-state index in [1.165, 1.54) is 0 Å². The number of rotatable bonds is 8. The molecule has 21 heavy (non-hydrogen) atoms. The highest BCUT2D eigenvalue weighted by atomic mass is 16.5. The molecule has 0 fully saturated rings. The van der Waals surface area contributed by atoms with Crippen LogP contribution in [0.15, 0.2) is 40.9 Å². The monoisotopic (exact) mass is 286 g/mol. The van der Waals surface area contributed by atoms with Crippen molar-refractivity contribution < 1.29 is 9.26 Å². The molecule has 0 saturated heterocycles. The van der Waals surface area contributed by atoms with Crippen LogP contribution in [0.5, 0.6) is 5.75 Å². The van der Waals surface area contributed by atoms with Gasteiger partial charge in [0.05, 0.1) is 5.69 Å². The first-order chi connectivity index (χ1) is 10.3. The van der Waals surface area contributed by atoms with Crippen LogP contribution in [0.25, 0.3) is 6.08 Å². The number of ether oxygens (including phenoxy) is 1. The fourth-order valence-corrected chi connectivity index (χ4v) is 1.98. The van der Waals surface area contributed by atoms with Gasteiger partial charge in [-0.05, 0) is 26.0 Å². The molecule has 112 valence electrons. The topological polar surface area (TPSA) is 47.3 Å². The fraction of sp³-hybridized carbons (Fsp3) is 0.353. The summed E-state index contributed by atoms with van der Waals surface area (Å²) in [5.41, 5.74) is 1.97. The van der Waals surface area contributed by atoms with Gasteiger partial charge in [-0.3, -0.25) is 0 Å². The summed E-state index contributed by atoms with van der Waals surface area (Å²) in [5, 5.41) is 7.32. The maximum absolute atomic E-state index is 5.81. The highest BCUT2D eigenvalue weighted by Crippen LogP contribution is 2.20. The molecule has 0 unspecified atom stereocenters. The van der Waals surface area contributed by atoms with Crippen LogP contribution in [0.3, 0.4) is 0 Å². The summed E-state index contributed by atoms with van der Waals surface area (Å²) < 4.78 is 11.1. The zero-order chi connectivity index (χ0) is 14.9. The summed E-state index contributed by atoms with van der Waals surface area (Å²) >= 11 is 0. The molecule has 0 radical (unpaired) electrons. The SMILES string of the molecule is CC=Cc1ccccc1OCc1cc(CNCCC)no1. The maximum atomic E-state index is 5.81. The average Bonchev–Trinajstić information content (AvgIpc) is 2.95. The lowest BCUT2D eigenvalue weighted by atomic mass is 10.2. The Labute approximate surface area is 125 Å². The second-order valence-electron chi connectivity index (χ2n) is 4.79. The molecular weight excluding hydrogens is 264 g/mol. The van der Waals surface area contributed by atoms with Crippen LogP contribution in [0.1, 0.15) is 37.3 Å². The Hall–Kier alpha value is -2.07. The summed E-state index contributed by atoms with van der Waals surface area (Å²) in [6.45, 7) is 6.22. The summed E-state index contributed by atoms with van der Waals surface area (Å²) in [5.74, 6) is 1.58. The standard InChI is InChI=1S/C17H22N2O2/c1-3-7-14-8-5-6-9-17(14)20-13-16-11-15(19-21-16)12-18-10-4-2/h3,5-9,11,18H,4,10,12-13H2,1-2H3. The lowest BCUT2D eigenvalue weighted by Crippen LogP contribution is -2.13. The zero-order valence-electron chi connectivity index (χ0n) is 12.6. The van der Waals surface area contributed by atoms with Crippen molar-refractivity contribution in [2.75, 3.05) is 6.54 Å². The van der Waals surface area contributed by atoms with Crippen LogP contribution in [0, 0.1) is 0 Å². The van der Waals surface area contributed by atoms with Crippen LogP contribution in [-0.4, -0.2) is 11.7 Å². The minimum atomic E-state index is 0.384. The fourth-order valence-electron chi connectivity index (χ4n) is 1.98. The van der Waals surface area contributed by atoms with Crippen molar-refractivity contribution in [3.63, 3.8) is 0 Å². The molecule has 0 atom stereocenters. The molecule has 0 spiro atoms. The van der Waals surface area contributed by atoms with E-state index in [4.69, 9.17) is 9.26 Å². The summed E-state index contributed by atoms with van der Waals surface area (Å²) in [7, 11) is 0. The molecule has 0 aliphatic carbocycles. The zero-order valence-corrected chi connectivity index (χ0v) is 12.6. The molecule has 2 aromatic rings. The molecule has 0 aliphatic rings. The molecular formula is C17H22N2O2. The van der Waals surface area contributed by atoms with Crippen molar-refractivity contribution in [1.29, 1.82) is 0 Å². The van der Waals surface area contributed by atoms with E-state index in [9.17, 15) is 0 Å². The number of aromatic nitrogens is 1. The first kappa shape index (κ1) is 15.3. The van der Waals surface area contributed by atoms with Crippen molar-refractivity contribution in [2.45, 2.75) is 33.4 Å². The normalized spacial score (nSPS) is 11.1. The number of benzene rings is 1. The summed E-state index contributed by atoms with van der Waals surface area (Å²) in [6, 6.07) is 9.86. The quantitative estimate of drug-likeness (QED) is 0.750. The molecule has 1 aromatic carbocycles. The molecule has 2 rings (SSSR count). The lowest BCUT2D eigenvalue weighted by Gasteiger charge is -2.06.